The van der Waals surface area contributed by atoms with Crippen molar-refractivity contribution in [2.45, 2.75) is 32.4 Å². The van der Waals surface area contributed by atoms with Crippen LogP contribution in [-0.4, -0.2) is 27.9 Å². The van der Waals surface area contributed by atoms with Crippen LogP contribution in [-0.2, 0) is 11.2 Å². The van der Waals surface area contributed by atoms with Crippen LogP contribution in [0.3, 0.4) is 0 Å². The van der Waals surface area contributed by atoms with E-state index in [1.165, 1.54) is 41.5 Å². The zero-order valence-corrected chi connectivity index (χ0v) is 19.8. The zero-order chi connectivity index (χ0) is 23.1. The van der Waals surface area contributed by atoms with Crippen LogP contribution < -0.4 is 9.64 Å². The molecule has 1 aromatic heterocycles. The molecule has 164 valence electrons. The molecule has 0 fully saturated rings. The lowest BCUT2D eigenvalue weighted by atomic mass is 9.95. The highest BCUT2D eigenvalue weighted by Crippen LogP contribution is 2.52. The van der Waals surface area contributed by atoms with Gasteiger partial charge in [-0.1, -0.05) is 46.4 Å². The van der Waals surface area contributed by atoms with Gasteiger partial charge in [-0.15, -0.1) is 0 Å². The normalized spacial score (nSPS) is 19.3. The van der Waals surface area contributed by atoms with E-state index in [-0.39, 0.29) is 50.8 Å². The first kappa shape index (κ1) is 21.6. The standard InChI is InChI=1S/C22H14Cl4N2O4/c1-9(29)27-17-3-4-22(32-20(17)13-5-11(23)7-15(25)18(13)27)21(31)14-6-12(24)8-16(26)19(14)28(22)10(2)30/h5-8H,3-4H2,1-2H3. The highest BCUT2D eigenvalue weighted by Gasteiger charge is 2.58. The molecule has 10 heteroatoms. The fourth-order valence-corrected chi connectivity index (χ4v) is 5.90. The lowest BCUT2D eigenvalue weighted by Crippen LogP contribution is -2.58. The number of ether oxygens (including phenoxy) is 1. The fourth-order valence-electron chi connectivity index (χ4n) is 4.74. The molecule has 1 spiro atoms. The maximum absolute atomic E-state index is 13.7. The van der Waals surface area contributed by atoms with E-state index in [1.807, 2.05) is 0 Å². The van der Waals surface area contributed by atoms with Crippen molar-refractivity contribution in [3.8, 4) is 5.75 Å². The first-order valence-corrected chi connectivity index (χ1v) is 11.1. The second kappa shape index (κ2) is 7.12. The number of rotatable bonds is 0. The maximum atomic E-state index is 13.7. The molecule has 2 aliphatic heterocycles. The quantitative estimate of drug-likeness (QED) is 0.361. The molecule has 0 bridgehead atoms. The van der Waals surface area contributed by atoms with Gasteiger partial charge in [0.25, 0.3) is 5.72 Å². The van der Waals surface area contributed by atoms with Gasteiger partial charge in [-0.05, 0) is 30.7 Å². The van der Waals surface area contributed by atoms with Crippen molar-refractivity contribution in [1.29, 1.82) is 0 Å². The number of halogens is 4. The van der Waals surface area contributed by atoms with Crippen molar-refractivity contribution in [2.75, 3.05) is 4.90 Å². The van der Waals surface area contributed by atoms with E-state index in [4.69, 9.17) is 51.1 Å². The predicted octanol–water partition coefficient (Wildman–Crippen LogP) is 6.19. The third kappa shape index (κ3) is 2.76. The van der Waals surface area contributed by atoms with Gasteiger partial charge < -0.3 is 4.74 Å². The van der Waals surface area contributed by atoms with Gasteiger partial charge in [-0.3, -0.25) is 23.9 Å². The molecule has 0 N–H and O–H groups in total. The van der Waals surface area contributed by atoms with E-state index in [1.54, 1.807) is 6.07 Å². The second-order valence-electron chi connectivity index (χ2n) is 7.77. The van der Waals surface area contributed by atoms with E-state index in [9.17, 15) is 14.4 Å². The number of aromatic nitrogens is 1. The van der Waals surface area contributed by atoms with Crippen LogP contribution in [0.2, 0.25) is 20.1 Å². The Balaban J connectivity index is 1.79. The Bertz CT molecular complexity index is 1400. The lowest BCUT2D eigenvalue weighted by Gasteiger charge is -2.39. The molecule has 2 aliphatic rings. The van der Waals surface area contributed by atoms with Crippen LogP contribution in [0.15, 0.2) is 24.3 Å². The van der Waals surface area contributed by atoms with Crippen LogP contribution in [0.5, 0.6) is 5.75 Å². The molecule has 6 nitrogen and oxygen atoms in total. The third-order valence-corrected chi connectivity index (χ3v) is 6.85. The number of fused-ring (bicyclic) bond motifs is 4. The predicted molar refractivity (Wildman–Crippen MR) is 124 cm³/mol. The molecular weight excluding hydrogens is 498 g/mol. The van der Waals surface area contributed by atoms with Crippen molar-refractivity contribution in [3.05, 3.63) is 55.6 Å². The largest absolute Gasteiger partial charge is 0.457 e. The third-order valence-electron chi connectivity index (χ3n) is 5.84. The molecular formula is C22H14Cl4N2O4. The Morgan fingerprint density at radius 3 is 2.28 bits per heavy atom. The van der Waals surface area contributed by atoms with E-state index in [2.05, 4.69) is 0 Å². The van der Waals surface area contributed by atoms with Gasteiger partial charge in [0.1, 0.15) is 0 Å². The molecule has 0 saturated heterocycles. The van der Waals surface area contributed by atoms with Gasteiger partial charge in [-0.25, -0.2) is 0 Å². The molecule has 3 aromatic rings. The number of Topliss-reactive ketones (excluding diaryl/α,β-unsaturated/α-hetero) is 1. The van der Waals surface area contributed by atoms with E-state index in [0.29, 0.717) is 21.6 Å². The number of ketones is 1. The Kier molecular flexibility index (Phi) is 4.81. The zero-order valence-electron chi connectivity index (χ0n) is 16.8. The minimum absolute atomic E-state index is 0.107. The molecule has 0 saturated carbocycles. The average Bonchev–Trinajstić information content (AvgIpc) is 3.14. The highest BCUT2D eigenvalue weighted by atomic mass is 35.5. The van der Waals surface area contributed by atoms with E-state index >= 15 is 0 Å². The smallest absolute Gasteiger partial charge is 0.253 e. The van der Waals surface area contributed by atoms with Gasteiger partial charge >= 0.3 is 0 Å². The van der Waals surface area contributed by atoms with Crippen molar-refractivity contribution >= 4 is 80.6 Å². The Labute approximate surface area is 202 Å². The number of benzene rings is 2. The molecule has 1 atom stereocenters. The van der Waals surface area contributed by atoms with Crippen LogP contribution >= 0.6 is 46.4 Å². The summed E-state index contributed by atoms with van der Waals surface area (Å²) in [7, 11) is 0. The molecule has 1 unspecified atom stereocenters. The van der Waals surface area contributed by atoms with Crippen LogP contribution in [0.1, 0.15) is 41.1 Å². The van der Waals surface area contributed by atoms with Gasteiger partial charge in [0.2, 0.25) is 17.6 Å². The first-order chi connectivity index (χ1) is 15.1. The van der Waals surface area contributed by atoms with Gasteiger partial charge in [0, 0.05) is 35.7 Å². The summed E-state index contributed by atoms with van der Waals surface area (Å²) in [4.78, 5) is 40.2. The Morgan fingerprint density at radius 1 is 0.969 bits per heavy atom. The molecule has 5 rings (SSSR count). The van der Waals surface area contributed by atoms with Gasteiger partial charge in [0.05, 0.1) is 32.5 Å². The number of amides is 1. The average molecular weight is 512 g/mol. The summed E-state index contributed by atoms with van der Waals surface area (Å²) < 4.78 is 7.82. The molecule has 1 amide bonds. The van der Waals surface area contributed by atoms with E-state index in [0.717, 1.165) is 0 Å². The maximum Gasteiger partial charge on any atom is 0.253 e. The van der Waals surface area contributed by atoms with Crippen molar-refractivity contribution < 1.29 is 19.1 Å². The Hall–Kier alpha value is -2.25. The molecule has 0 aliphatic carbocycles. The molecule has 0 radical (unpaired) electrons. The van der Waals surface area contributed by atoms with Crippen LogP contribution in [0.25, 0.3) is 10.9 Å². The summed E-state index contributed by atoms with van der Waals surface area (Å²) in [6, 6.07) is 6.10. The summed E-state index contributed by atoms with van der Waals surface area (Å²) in [6.45, 7) is 2.75. The SMILES string of the molecule is CC(=O)N1c2c(Cl)cc(Cl)cc2C(=O)C12CCc1c(c3cc(Cl)cc(Cl)c3n1C(C)=O)O2. The number of hydrogen-bond acceptors (Lipinski definition) is 4. The number of nitrogens with zero attached hydrogens (tertiary/aromatic N) is 2. The molecule has 3 heterocycles. The topological polar surface area (TPSA) is 68.6 Å². The minimum Gasteiger partial charge on any atom is -0.457 e. The summed E-state index contributed by atoms with van der Waals surface area (Å²) >= 11 is 25.2. The lowest BCUT2D eigenvalue weighted by molar-refractivity contribution is -0.119. The monoisotopic (exact) mass is 510 g/mol. The Morgan fingerprint density at radius 2 is 1.62 bits per heavy atom. The number of carbonyl (C=O) groups excluding carboxylic acids is 3. The molecule has 32 heavy (non-hydrogen) atoms. The van der Waals surface area contributed by atoms with Crippen LogP contribution in [0.4, 0.5) is 5.69 Å². The van der Waals surface area contributed by atoms with Crippen molar-refractivity contribution in [3.63, 3.8) is 0 Å². The summed E-state index contributed by atoms with van der Waals surface area (Å²) in [5.41, 5.74) is -0.223. The minimum atomic E-state index is -1.67. The summed E-state index contributed by atoms with van der Waals surface area (Å²) in [5.74, 6) is -0.842. The molecule has 2 aromatic carbocycles. The van der Waals surface area contributed by atoms with E-state index < -0.39 is 17.4 Å². The number of carbonyl (C=O) groups is 3. The number of hydrogen-bond donors (Lipinski definition) is 0. The first-order valence-electron chi connectivity index (χ1n) is 9.63. The summed E-state index contributed by atoms with van der Waals surface area (Å²) in [6.07, 6.45) is 0.377. The van der Waals surface area contributed by atoms with Crippen molar-refractivity contribution in [1.82, 2.24) is 4.57 Å². The number of anilines is 1. The fraction of sp³-hybridized carbons (Fsp3) is 0.227. The van der Waals surface area contributed by atoms with Crippen LogP contribution in [0, 0.1) is 0 Å². The van der Waals surface area contributed by atoms with Crippen molar-refractivity contribution in [2.24, 2.45) is 0 Å². The highest BCUT2D eigenvalue weighted by molar-refractivity contribution is 6.40. The van der Waals surface area contributed by atoms with Gasteiger partial charge in [0.15, 0.2) is 5.75 Å². The summed E-state index contributed by atoms with van der Waals surface area (Å²) in [5, 5.41) is 1.52. The van der Waals surface area contributed by atoms with Gasteiger partial charge in [-0.2, -0.15) is 0 Å². The second-order valence-corrected chi connectivity index (χ2v) is 9.46.